The number of rotatable bonds is 5. The fourth-order valence-electron chi connectivity index (χ4n) is 2.33. The monoisotopic (exact) mass is 326 g/mol. The van der Waals surface area contributed by atoms with Crippen molar-refractivity contribution in [3.63, 3.8) is 0 Å². The van der Waals surface area contributed by atoms with Crippen LogP contribution in [0.5, 0.6) is 0 Å². The number of benzene rings is 1. The molecular formula is C15H16Cl2N2S. The molecule has 1 aromatic carbocycles. The smallest absolute Gasteiger partial charge is 0.0693 e. The van der Waals surface area contributed by atoms with Crippen LogP contribution >= 0.6 is 34.5 Å². The number of halogens is 2. The van der Waals surface area contributed by atoms with Crippen molar-refractivity contribution < 1.29 is 0 Å². The summed E-state index contributed by atoms with van der Waals surface area (Å²) in [5.74, 6) is 0. The van der Waals surface area contributed by atoms with Crippen LogP contribution in [-0.4, -0.2) is 10.9 Å². The highest BCUT2D eigenvalue weighted by Crippen LogP contribution is 2.33. The molecule has 1 aliphatic carbocycles. The Balaban J connectivity index is 1.76. The SMILES string of the molecule is Nc1c(Cl)cc(CN(Cc2ccsc2)C2CC2)cc1Cl. The van der Waals surface area contributed by atoms with Gasteiger partial charge in [0.1, 0.15) is 0 Å². The second kappa shape index (κ2) is 5.94. The zero-order chi connectivity index (χ0) is 14.1. The maximum Gasteiger partial charge on any atom is 0.0693 e. The van der Waals surface area contributed by atoms with Crippen molar-refractivity contribution in [1.29, 1.82) is 0 Å². The molecule has 0 bridgehead atoms. The minimum absolute atomic E-state index is 0.466. The molecule has 1 fully saturated rings. The fourth-order valence-corrected chi connectivity index (χ4v) is 3.53. The minimum atomic E-state index is 0.466. The molecule has 1 aliphatic rings. The standard InChI is InChI=1S/C15H16Cl2N2S/c16-13-5-11(6-14(17)15(13)18)8-19(12-1-2-12)7-10-3-4-20-9-10/h3-6,9,12H,1-2,7-8,18H2. The van der Waals surface area contributed by atoms with Crippen molar-refractivity contribution in [2.75, 3.05) is 5.73 Å². The van der Waals surface area contributed by atoms with Crippen LogP contribution in [0.2, 0.25) is 10.0 Å². The lowest BCUT2D eigenvalue weighted by atomic mass is 10.1. The molecule has 0 amide bonds. The number of anilines is 1. The average molecular weight is 327 g/mol. The summed E-state index contributed by atoms with van der Waals surface area (Å²) < 4.78 is 0. The summed E-state index contributed by atoms with van der Waals surface area (Å²) in [4.78, 5) is 2.49. The molecular weight excluding hydrogens is 311 g/mol. The second-order valence-electron chi connectivity index (χ2n) is 5.24. The highest BCUT2D eigenvalue weighted by atomic mass is 35.5. The van der Waals surface area contributed by atoms with Gasteiger partial charge in [-0.3, -0.25) is 4.90 Å². The largest absolute Gasteiger partial charge is 0.396 e. The second-order valence-corrected chi connectivity index (χ2v) is 6.84. The van der Waals surface area contributed by atoms with Gasteiger partial charge >= 0.3 is 0 Å². The minimum Gasteiger partial charge on any atom is -0.396 e. The molecule has 106 valence electrons. The van der Waals surface area contributed by atoms with Crippen molar-refractivity contribution in [2.24, 2.45) is 0 Å². The van der Waals surface area contributed by atoms with E-state index in [4.69, 9.17) is 28.9 Å². The Morgan fingerprint density at radius 1 is 1.15 bits per heavy atom. The third-order valence-corrected chi connectivity index (χ3v) is 4.91. The van der Waals surface area contributed by atoms with Gasteiger partial charge in [0.15, 0.2) is 0 Å². The lowest BCUT2D eigenvalue weighted by molar-refractivity contribution is 0.246. The number of nitrogens with zero attached hydrogens (tertiary/aromatic N) is 1. The third kappa shape index (κ3) is 3.29. The summed E-state index contributed by atoms with van der Waals surface area (Å²) in [7, 11) is 0. The van der Waals surface area contributed by atoms with Crippen LogP contribution in [0.15, 0.2) is 29.0 Å². The molecule has 3 rings (SSSR count). The molecule has 2 aromatic rings. The number of hydrogen-bond acceptors (Lipinski definition) is 3. The predicted octanol–water partition coefficient (Wildman–Crippen LogP) is 4.80. The average Bonchev–Trinajstić information content (AvgIpc) is 3.14. The Bertz CT molecular complexity index is 571. The summed E-state index contributed by atoms with van der Waals surface area (Å²) in [5, 5.41) is 5.41. The Morgan fingerprint density at radius 3 is 2.35 bits per heavy atom. The van der Waals surface area contributed by atoms with Gasteiger partial charge < -0.3 is 5.73 Å². The summed E-state index contributed by atoms with van der Waals surface area (Å²) in [6.07, 6.45) is 2.56. The highest BCUT2D eigenvalue weighted by molar-refractivity contribution is 7.07. The van der Waals surface area contributed by atoms with E-state index >= 15 is 0 Å². The van der Waals surface area contributed by atoms with Crippen LogP contribution in [-0.2, 0) is 13.1 Å². The molecule has 0 unspecified atom stereocenters. The van der Waals surface area contributed by atoms with Crippen LogP contribution in [0.3, 0.4) is 0 Å². The normalized spacial score (nSPS) is 14.9. The number of nitrogens with two attached hydrogens (primary N) is 1. The maximum absolute atomic E-state index is 6.11. The van der Waals surface area contributed by atoms with E-state index in [0.717, 1.165) is 18.7 Å². The maximum atomic E-state index is 6.11. The molecule has 0 spiro atoms. The van der Waals surface area contributed by atoms with Gasteiger partial charge in [0, 0.05) is 19.1 Å². The Hall–Kier alpha value is -0.740. The van der Waals surface area contributed by atoms with Gasteiger partial charge in [-0.1, -0.05) is 23.2 Å². The molecule has 1 aromatic heterocycles. The Morgan fingerprint density at radius 2 is 1.80 bits per heavy atom. The summed E-state index contributed by atoms with van der Waals surface area (Å²) >= 11 is 14.0. The van der Waals surface area contributed by atoms with Gasteiger partial charge in [-0.25, -0.2) is 0 Å². The van der Waals surface area contributed by atoms with Crippen LogP contribution < -0.4 is 5.73 Å². The van der Waals surface area contributed by atoms with Gasteiger partial charge in [0.2, 0.25) is 0 Å². The number of hydrogen-bond donors (Lipinski definition) is 1. The van der Waals surface area contributed by atoms with Crippen molar-refractivity contribution in [1.82, 2.24) is 4.90 Å². The van der Waals surface area contributed by atoms with E-state index in [9.17, 15) is 0 Å². The van der Waals surface area contributed by atoms with Crippen LogP contribution in [0.4, 0.5) is 5.69 Å². The van der Waals surface area contributed by atoms with E-state index in [1.807, 2.05) is 12.1 Å². The zero-order valence-corrected chi connectivity index (χ0v) is 13.3. The third-order valence-electron chi connectivity index (χ3n) is 3.55. The van der Waals surface area contributed by atoms with E-state index in [1.165, 1.54) is 18.4 Å². The molecule has 1 saturated carbocycles. The molecule has 0 atom stereocenters. The first-order chi connectivity index (χ1) is 9.63. The lowest BCUT2D eigenvalue weighted by Gasteiger charge is -2.22. The van der Waals surface area contributed by atoms with Crippen molar-refractivity contribution >= 4 is 40.2 Å². The summed E-state index contributed by atoms with van der Waals surface area (Å²) in [6, 6.07) is 6.71. The summed E-state index contributed by atoms with van der Waals surface area (Å²) in [5.41, 5.74) is 8.74. The predicted molar refractivity (Wildman–Crippen MR) is 87.5 cm³/mol. The molecule has 2 nitrogen and oxygen atoms in total. The quantitative estimate of drug-likeness (QED) is 0.799. The molecule has 5 heteroatoms. The lowest BCUT2D eigenvalue weighted by Crippen LogP contribution is -2.24. The zero-order valence-electron chi connectivity index (χ0n) is 11.0. The molecule has 0 radical (unpaired) electrons. The Labute approximate surface area is 133 Å². The molecule has 20 heavy (non-hydrogen) atoms. The van der Waals surface area contributed by atoms with Gasteiger partial charge in [0.25, 0.3) is 0 Å². The van der Waals surface area contributed by atoms with Gasteiger partial charge in [-0.2, -0.15) is 11.3 Å². The van der Waals surface area contributed by atoms with Crippen molar-refractivity contribution in [3.05, 3.63) is 50.1 Å². The fraction of sp³-hybridized carbons (Fsp3) is 0.333. The first kappa shape index (κ1) is 14.2. The van der Waals surface area contributed by atoms with Crippen LogP contribution in [0.25, 0.3) is 0 Å². The molecule has 2 N–H and O–H groups in total. The first-order valence-corrected chi connectivity index (χ1v) is 8.32. The highest BCUT2D eigenvalue weighted by Gasteiger charge is 2.29. The van der Waals surface area contributed by atoms with E-state index in [2.05, 4.69) is 21.7 Å². The number of nitrogen functional groups attached to an aromatic ring is 1. The van der Waals surface area contributed by atoms with E-state index in [-0.39, 0.29) is 0 Å². The molecule has 0 saturated heterocycles. The van der Waals surface area contributed by atoms with Gasteiger partial charge in [0.05, 0.1) is 15.7 Å². The van der Waals surface area contributed by atoms with Crippen molar-refractivity contribution in [3.8, 4) is 0 Å². The number of thiophene rings is 1. The van der Waals surface area contributed by atoms with E-state index in [0.29, 0.717) is 21.8 Å². The molecule has 0 aliphatic heterocycles. The van der Waals surface area contributed by atoms with Gasteiger partial charge in [-0.15, -0.1) is 0 Å². The topological polar surface area (TPSA) is 29.3 Å². The first-order valence-electron chi connectivity index (χ1n) is 6.62. The molecule has 1 heterocycles. The Kier molecular flexibility index (Phi) is 4.22. The van der Waals surface area contributed by atoms with Gasteiger partial charge in [-0.05, 0) is 52.9 Å². The van der Waals surface area contributed by atoms with Crippen LogP contribution in [0.1, 0.15) is 24.0 Å². The summed E-state index contributed by atoms with van der Waals surface area (Å²) in [6.45, 7) is 1.84. The van der Waals surface area contributed by atoms with Crippen LogP contribution in [0, 0.1) is 0 Å². The van der Waals surface area contributed by atoms with Crippen molar-refractivity contribution in [2.45, 2.75) is 32.0 Å². The van der Waals surface area contributed by atoms with E-state index < -0.39 is 0 Å². The van der Waals surface area contributed by atoms with E-state index in [1.54, 1.807) is 11.3 Å².